The van der Waals surface area contributed by atoms with Gasteiger partial charge in [-0.05, 0) is 75.7 Å². The number of fused-ring (bicyclic) bond motifs is 1. The number of hydrogen-bond donors (Lipinski definition) is 2. The molecule has 3 rings (SSSR count). The molecule has 0 radical (unpaired) electrons. The summed E-state index contributed by atoms with van der Waals surface area (Å²) in [4.78, 5) is 0. The molecule has 0 spiro atoms. The van der Waals surface area contributed by atoms with E-state index in [9.17, 15) is 0 Å². The summed E-state index contributed by atoms with van der Waals surface area (Å²) >= 11 is 5.59. The van der Waals surface area contributed by atoms with Gasteiger partial charge in [-0.2, -0.15) is 0 Å². The van der Waals surface area contributed by atoms with Crippen LogP contribution in [-0.4, -0.2) is 10.7 Å². The molecular formula is C21H26N2OS. The van der Waals surface area contributed by atoms with E-state index in [0.29, 0.717) is 5.11 Å². The van der Waals surface area contributed by atoms with Crippen molar-refractivity contribution in [2.24, 2.45) is 0 Å². The van der Waals surface area contributed by atoms with Crippen molar-refractivity contribution >= 4 is 23.0 Å². The van der Waals surface area contributed by atoms with E-state index in [2.05, 4.69) is 81.7 Å². The first-order valence-corrected chi connectivity index (χ1v) is 9.09. The molecule has 2 N–H and O–H groups in total. The average molecular weight is 355 g/mol. The maximum Gasteiger partial charge on any atom is 0.171 e. The van der Waals surface area contributed by atoms with Gasteiger partial charge in [-0.1, -0.05) is 24.3 Å². The Bertz CT molecular complexity index is 814. The van der Waals surface area contributed by atoms with Crippen molar-refractivity contribution in [1.29, 1.82) is 0 Å². The zero-order valence-electron chi connectivity index (χ0n) is 15.6. The molecule has 2 aromatic carbocycles. The third-order valence-electron chi connectivity index (χ3n) is 4.57. The topological polar surface area (TPSA) is 33.3 Å². The fourth-order valence-corrected chi connectivity index (χ4v) is 3.53. The van der Waals surface area contributed by atoms with Crippen LogP contribution >= 0.6 is 12.2 Å². The number of aryl methyl sites for hydroxylation is 3. The Morgan fingerprint density at radius 2 is 1.76 bits per heavy atom. The van der Waals surface area contributed by atoms with Crippen molar-refractivity contribution in [3.63, 3.8) is 0 Å². The van der Waals surface area contributed by atoms with Gasteiger partial charge in [0.25, 0.3) is 0 Å². The van der Waals surface area contributed by atoms with E-state index in [1.54, 1.807) is 0 Å². The Morgan fingerprint density at radius 1 is 1.08 bits per heavy atom. The number of benzene rings is 2. The van der Waals surface area contributed by atoms with Crippen molar-refractivity contribution in [2.45, 2.75) is 52.7 Å². The highest BCUT2D eigenvalue weighted by molar-refractivity contribution is 7.80. The first-order valence-electron chi connectivity index (χ1n) is 8.68. The van der Waals surface area contributed by atoms with Gasteiger partial charge in [-0.25, -0.2) is 0 Å². The molecule has 0 bridgehead atoms. The Balaban J connectivity index is 1.80. The summed E-state index contributed by atoms with van der Waals surface area (Å²) in [6.45, 7) is 10.5. The van der Waals surface area contributed by atoms with Gasteiger partial charge in [0, 0.05) is 17.7 Å². The molecular weight excluding hydrogens is 328 g/mol. The summed E-state index contributed by atoms with van der Waals surface area (Å²) in [6.07, 6.45) is 0.859. The quantitative estimate of drug-likeness (QED) is 0.726. The molecule has 132 valence electrons. The van der Waals surface area contributed by atoms with Crippen LogP contribution in [0.15, 0.2) is 36.4 Å². The van der Waals surface area contributed by atoms with Crippen molar-refractivity contribution < 1.29 is 4.74 Å². The summed E-state index contributed by atoms with van der Waals surface area (Å²) in [5, 5.41) is 7.47. The Hall–Kier alpha value is -2.07. The molecule has 0 fully saturated rings. The van der Waals surface area contributed by atoms with Crippen molar-refractivity contribution in [1.82, 2.24) is 5.32 Å². The minimum atomic E-state index is -0.229. The fourth-order valence-electron chi connectivity index (χ4n) is 3.27. The molecule has 1 atom stereocenters. The zero-order chi connectivity index (χ0) is 18.2. The zero-order valence-corrected chi connectivity index (χ0v) is 16.4. The minimum Gasteiger partial charge on any atom is -0.487 e. The van der Waals surface area contributed by atoms with Gasteiger partial charge in [0.05, 0.1) is 6.04 Å². The summed E-state index contributed by atoms with van der Waals surface area (Å²) in [7, 11) is 0. The SMILES string of the molecule is Cc1ccc(C)c(NC(=S)N[C@@H]2CC(C)(C)Oc3cc(C)ccc32)c1. The molecule has 0 aromatic heterocycles. The third-order valence-corrected chi connectivity index (χ3v) is 4.79. The van der Waals surface area contributed by atoms with Crippen LogP contribution in [0.4, 0.5) is 5.69 Å². The number of hydrogen-bond acceptors (Lipinski definition) is 2. The maximum absolute atomic E-state index is 6.16. The van der Waals surface area contributed by atoms with Gasteiger partial charge < -0.3 is 15.4 Å². The van der Waals surface area contributed by atoms with E-state index in [1.165, 1.54) is 16.7 Å². The van der Waals surface area contributed by atoms with E-state index in [-0.39, 0.29) is 11.6 Å². The average Bonchev–Trinajstić information content (AvgIpc) is 2.49. The Morgan fingerprint density at radius 3 is 2.52 bits per heavy atom. The molecule has 1 heterocycles. The summed E-state index contributed by atoms with van der Waals surface area (Å²) in [5.74, 6) is 0.947. The van der Waals surface area contributed by atoms with Crippen LogP contribution in [0.3, 0.4) is 0 Å². The van der Waals surface area contributed by atoms with E-state index in [1.807, 2.05) is 0 Å². The van der Waals surface area contributed by atoms with E-state index in [0.717, 1.165) is 23.4 Å². The Labute approximate surface area is 155 Å². The second-order valence-corrected chi connectivity index (χ2v) is 7.98. The Kier molecular flexibility index (Phi) is 4.74. The highest BCUT2D eigenvalue weighted by Crippen LogP contribution is 2.39. The molecule has 0 aliphatic carbocycles. The summed E-state index contributed by atoms with van der Waals surface area (Å²) < 4.78 is 6.16. The molecule has 0 unspecified atom stereocenters. The van der Waals surface area contributed by atoms with Gasteiger partial charge in [-0.15, -0.1) is 0 Å². The largest absolute Gasteiger partial charge is 0.487 e. The molecule has 0 saturated carbocycles. The highest BCUT2D eigenvalue weighted by atomic mass is 32.1. The van der Waals surface area contributed by atoms with Crippen LogP contribution in [0.5, 0.6) is 5.75 Å². The molecule has 3 nitrogen and oxygen atoms in total. The van der Waals surface area contributed by atoms with E-state index in [4.69, 9.17) is 17.0 Å². The minimum absolute atomic E-state index is 0.129. The standard InChI is InChI=1S/C21H26N2OS/c1-13-6-8-15(3)17(10-13)22-20(25)23-18-12-21(4,5)24-19-11-14(2)7-9-16(18)19/h6-11,18H,12H2,1-5H3,(H2,22,23,25)/t18-/m1/s1. The maximum atomic E-state index is 6.16. The molecule has 1 aliphatic rings. The van der Waals surface area contributed by atoms with Crippen LogP contribution in [0.1, 0.15) is 48.6 Å². The number of ether oxygens (including phenoxy) is 1. The lowest BCUT2D eigenvalue weighted by atomic mass is 9.89. The second-order valence-electron chi connectivity index (χ2n) is 7.58. The predicted octanol–water partition coefficient (Wildman–Crippen LogP) is 5.20. The van der Waals surface area contributed by atoms with Gasteiger partial charge in [0.1, 0.15) is 11.4 Å². The first kappa shape index (κ1) is 17.7. The molecule has 0 amide bonds. The predicted molar refractivity (Wildman–Crippen MR) is 109 cm³/mol. The van der Waals surface area contributed by atoms with E-state index < -0.39 is 0 Å². The lowest BCUT2D eigenvalue weighted by Gasteiger charge is -2.38. The number of thiocarbonyl (C=S) groups is 1. The van der Waals surface area contributed by atoms with Crippen molar-refractivity contribution in [2.75, 3.05) is 5.32 Å². The smallest absolute Gasteiger partial charge is 0.171 e. The monoisotopic (exact) mass is 354 g/mol. The molecule has 1 aliphatic heterocycles. The fraction of sp³-hybridized carbons (Fsp3) is 0.381. The lowest BCUT2D eigenvalue weighted by molar-refractivity contribution is 0.0696. The van der Waals surface area contributed by atoms with Gasteiger partial charge >= 0.3 is 0 Å². The van der Waals surface area contributed by atoms with Crippen LogP contribution < -0.4 is 15.4 Å². The first-order chi connectivity index (χ1) is 11.7. The van der Waals surface area contributed by atoms with Crippen LogP contribution in [-0.2, 0) is 0 Å². The number of anilines is 1. The number of nitrogens with one attached hydrogen (secondary N) is 2. The van der Waals surface area contributed by atoms with Gasteiger partial charge in [0.2, 0.25) is 0 Å². The van der Waals surface area contributed by atoms with Gasteiger partial charge in [-0.3, -0.25) is 0 Å². The van der Waals surface area contributed by atoms with Crippen LogP contribution in [0.2, 0.25) is 0 Å². The molecule has 2 aromatic rings. The van der Waals surface area contributed by atoms with Gasteiger partial charge in [0.15, 0.2) is 5.11 Å². The summed E-state index contributed by atoms with van der Waals surface area (Å²) in [5.41, 5.74) is 5.57. The third kappa shape index (κ3) is 4.13. The van der Waals surface area contributed by atoms with Crippen LogP contribution in [0, 0.1) is 20.8 Å². The lowest BCUT2D eigenvalue weighted by Crippen LogP contribution is -2.42. The van der Waals surface area contributed by atoms with Crippen molar-refractivity contribution in [3.05, 3.63) is 58.7 Å². The van der Waals surface area contributed by atoms with Crippen LogP contribution in [0.25, 0.3) is 0 Å². The van der Waals surface area contributed by atoms with E-state index >= 15 is 0 Å². The molecule has 4 heteroatoms. The summed E-state index contributed by atoms with van der Waals surface area (Å²) in [6, 6.07) is 12.8. The molecule has 25 heavy (non-hydrogen) atoms. The number of rotatable bonds is 2. The second kappa shape index (κ2) is 6.68. The highest BCUT2D eigenvalue weighted by Gasteiger charge is 2.34. The molecule has 0 saturated heterocycles. The normalized spacial score (nSPS) is 18.0. The van der Waals surface area contributed by atoms with Crippen molar-refractivity contribution in [3.8, 4) is 5.75 Å².